The molecule has 1 aliphatic heterocycles. The first kappa shape index (κ1) is 15.6. The Morgan fingerprint density at radius 2 is 2.25 bits per heavy atom. The molecule has 3 heterocycles. The number of nitrogens with two attached hydrogens (primary N) is 1. The number of ether oxygens (including phenoxy) is 2. The van der Waals surface area contributed by atoms with E-state index in [1.165, 1.54) is 0 Å². The topological polar surface area (TPSA) is 127 Å². The average molecular weight is 325 g/mol. The van der Waals surface area contributed by atoms with Crippen molar-refractivity contribution in [3.8, 4) is 11.9 Å². The standard InChI is InChI=1S/C16H15N5O3/c1-2-23-12(22)7-11-14-13(9-3-5-19-6-4-9)10(8-17)15(18)24-16(14)21-20-11/h3-6,13H,2,7,18H2,1H3,(H,20,21)/t13-/m1/s1. The molecule has 0 fully saturated rings. The molecule has 1 aliphatic rings. The van der Waals surface area contributed by atoms with Crippen molar-refractivity contribution >= 4 is 5.97 Å². The largest absolute Gasteiger partial charge is 0.466 e. The van der Waals surface area contributed by atoms with Gasteiger partial charge in [-0.2, -0.15) is 5.26 Å². The molecular formula is C16H15N5O3. The Kier molecular flexibility index (Phi) is 4.16. The minimum atomic E-state index is -0.482. The van der Waals surface area contributed by atoms with Crippen molar-refractivity contribution in [2.75, 3.05) is 6.61 Å². The van der Waals surface area contributed by atoms with Gasteiger partial charge in [0, 0.05) is 12.4 Å². The van der Waals surface area contributed by atoms with E-state index < -0.39 is 11.9 Å². The van der Waals surface area contributed by atoms with E-state index in [9.17, 15) is 10.1 Å². The van der Waals surface area contributed by atoms with Gasteiger partial charge in [-0.1, -0.05) is 0 Å². The molecule has 3 rings (SSSR count). The van der Waals surface area contributed by atoms with Crippen LogP contribution in [-0.2, 0) is 16.0 Å². The molecule has 0 amide bonds. The number of carbonyl (C=O) groups is 1. The summed E-state index contributed by atoms with van der Waals surface area (Å²) < 4.78 is 10.4. The Hall–Kier alpha value is -3.34. The lowest BCUT2D eigenvalue weighted by atomic mass is 9.84. The third kappa shape index (κ3) is 2.67. The van der Waals surface area contributed by atoms with Crippen LogP contribution in [0.4, 0.5) is 0 Å². The molecule has 2 aromatic heterocycles. The Bertz CT molecular complexity index is 835. The number of allylic oxidation sites excluding steroid dienone is 1. The summed E-state index contributed by atoms with van der Waals surface area (Å²) in [5.41, 5.74) is 8.08. The molecular weight excluding hydrogens is 310 g/mol. The fraction of sp³-hybridized carbons (Fsp3) is 0.250. The highest BCUT2D eigenvalue weighted by Crippen LogP contribution is 2.42. The van der Waals surface area contributed by atoms with Gasteiger partial charge in [-0.3, -0.25) is 14.9 Å². The molecule has 0 saturated carbocycles. The van der Waals surface area contributed by atoms with Gasteiger partial charge in [0.1, 0.15) is 11.6 Å². The molecule has 8 nitrogen and oxygen atoms in total. The molecule has 0 saturated heterocycles. The van der Waals surface area contributed by atoms with E-state index in [4.69, 9.17) is 15.2 Å². The van der Waals surface area contributed by atoms with Crippen LogP contribution in [0.1, 0.15) is 29.7 Å². The fourth-order valence-electron chi connectivity index (χ4n) is 2.69. The Morgan fingerprint density at radius 1 is 1.50 bits per heavy atom. The molecule has 0 bridgehead atoms. The lowest BCUT2D eigenvalue weighted by Crippen LogP contribution is -2.22. The predicted molar refractivity (Wildman–Crippen MR) is 82.5 cm³/mol. The van der Waals surface area contributed by atoms with Crippen LogP contribution in [-0.4, -0.2) is 27.8 Å². The number of rotatable bonds is 4. The van der Waals surface area contributed by atoms with E-state index in [1.807, 2.05) is 0 Å². The van der Waals surface area contributed by atoms with Gasteiger partial charge in [0.05, 0.1) is 30.2 Å². The minimum absolute atomic E-state index is 0.000268. The highest BCUT2D eigenvalue weighted by Gasteiger charge is 2.35. The molecule has 3 N–H and O–H groups in total. The van der Waals surface area contributed by atoms with Gasteiger partial charge in [0.25, 0.3) is 0 Å². The Morgan fingerprint density at radius 3 is 2.92 bits per heavy atom. The number of nitriles is 1. The Labute approximate surface area is 137 Å². The third-order valence-corrected chi connectivity index (χ3v) is 3.68. The SMILES string of the molecule is CCOC(=O)Cc1[nH]nc2c1[C@H](c1ccncc1)C(C#N)=C(N)O2. The lowest BCUT2D eigenvalue weighted by Gasteiger charge is -2.23. The van der Waals surface area contributed by atoms with Crippen molar-refractivity contribution < 1.29 is 14.3 Å². The summed E-state index contributed by atoms with van der Waals surface area (Å²) in [6.45, 7) is 2.02. The van der Waals surface area contributed by atoms with Crippen molar-refractivity contribution in [3.05, 3.63) is 52.8 Å². The molecule has 8 heteroatoms. The van der Waals surface area contributed by atoms with E-state index in [0.29, 0.717) is 11.3 Å². The average Bonchev–Trinajstić information content (AvgIpc) is 2.96. The molecule has 0 spiro atoms. The monoisotopic (exact) mass is 325 g/mol. The number of aromatic nitrogens is 3. The van der Waals surface area contributed by atoms with Gasteiger partial charge >= 0.3 is 5.97 Å². The number of pyridine rings is 1. The van der Waals surface area contributed by atoms with Gasteiger partial charge < -0.3 is 15.2 Å². The van der Waals surface area contributed by atoms with Gasteiger partial charge in [-0.25, -0.2) is 0 Å². The minimum Gasteiger partial charge on any atom is -0.466 e. The fourth-order valence-corrected chi connectivity index (χ4v) is 2.69. The number of aromatic amines is 1. The number of carbonyl (C=O) groups excluding carboxylic acids is 1. The number of fused-ring (bicyclic) bond motifs is 1. The summed E-state index contributed by atoms with van der Waals surface area (Å²) in [5, 5.41) is 16.4. The quantitative estimate of drug-likeness (QED) is 0.806. The van der Waals surface area contributed by atoms with Crippen molar-refractivity contribution in [3.63, 3.8) is 0 Å². The highest BCUT2D eigenvalue weighted by atomic mass is 16.5. The molecule has 0 radical (unpaired) electrons. The third-order valence-electron chi connectivity index (χ3n) is 3.68. The molecule has 24 heavy (non-hydrogen) atoms. The van der Waals surface area contributed by atoms with Crippen LogP contribution in [0.2, 0.25) is 0 Å². The van der Waals surface area contributed by atoms with Crippen molar-refractivity contribution in [2.45, 2.75) is 19.3 Å². The van der Waals surface area contributed by atoms with Crippen LogP contribution in [0.25, 0.3) is 0 Å². The molecule has 0 aromatic carbocycles. The molecule has 1 atom stereocenters. The number of hydrogen-bond acceptors (Lipinski definition) is 7. The molecule has 2 aromatic rings. The first-order valence-electron chi connectivity index (χ1n) is 7.36. The van der Waals surface area contributed by atoms with Gasteiger partial charge in [0.2, 0.25) is 11.8 Å². The number of esters is 1. The maximum Gasteiger partial charge on any atom is 0.311 e. The second-order valence-corrected chi connectivity index (χ2v) is 5.11. The number of nitrogens with zero attached hydrogens (tertiary/aromatic N) is 3. The van der Waals surface area contributed by atoms with E-state index in [-0.39, 0.29) is 30.4 Å². The molecule has 122 valence electrons. The summed E-state index contributed by atoms with van der Waals surface area (Å²) in [4.78, 5) is 15.8. The molecule has 0 unspecified atom stereocenters. The maximum atomic E-state index is 11.8. The number of hydrogen-bond donors (Lipinski definition) is 2. The van der Waals surface area contributed by atoms with Gasteiger partial charge in [-0.05, 0) is 24.6 Å². The first-order chi connectivity index (χ1) is 11.7. The van der Waals surface area contributed by atoms with E-state index in [1.54, 1.807) is 31.5 Å². The van der Waals surface area contributed by atoms with Crippen LogP contribution in [0, 0.1) is 11.3 Å². The summed E-state index contributed by atoms with van der Waals surface area (Å²) in [6, 6.07) is 5.66. The lowest BCUT2D eigenvalue weighted by molar-refractivity contribution is -0.142. The van der Waals surface area contributed by atoms with Crippen LogP contribution in [0.15, 0.2) is 36.0 Å². The Balaban J connectivity index is 2.09. The molecule has 0 aliphatic carbocycles. The van der Waals surface area contributed by atoms with Crippen molar-refractivity contribution in [1.82, 2.24) is 15.2 Å². The first-order valence-corrected chi connectivity index (χ1v) is 7.36. The van der Waals surface area contributed by atoms with Gasteiger partial charge in [-0.15, -0.1) is 5.10 Å². The summed E-state index contributed by atoms with van der Waals surface area (Å²) >= 11 is 0. The van der Waals surface area contributed by atoms with Crippen molar-refractivity contribution in [2.24, 2.45) is 5.73 Å². The van der Waals surface area contributed by atoms with Crippen LogP contribution < -0.4 is 10.5 Å². The maximum absolute atomic E-state index is 11.8. The second-order valence-electron chi connectivity index (χ2n) is 5.11. The summed E-state index contributed by atoms with van der Waals surface area (Å²) in [6.07, 6.45) is 3.25. The number of H-pyrrole nitrogens is 1. The zero-order chi connectivity index (χ0) is 17.1. The zero-order valence-electron chi connectivity index (χ0n) is 12.9. The summed E-state index contributed by atoms with van der Waals surface area (Å²) in [7, 11) is 0. The van der Waals surface area contributed by atoms with Gasteiger partial charge in [0.15, 0.2) is 0 Å². The van der Waals surface area contributed by atoms with Crippen molar-refractivity contribution in [1.29, 1.82) is 5.26 Å². The van der Waals surface area contributed by atoms with E-state index >= 15 is 0 Å². The van der Waals surface area contributed by atoms with E-state index in [0.717, 1.165) is 5.56 Å². The van der Waals surface area contributed by atoms with Crippen LogP contribution in [0.5, 0.6) is 5.88 Å². The predicted octanol–water partition coefficient (Wildman–Crippen LogP) is 1.13. The smallest absolute Gasteiger partial charge is 0.311 e. The summed E-state index contributed by atoms with van der Waals surface area (Å²) in [5.74, 6) is -0.614. The zero-order valence-corrected chi connectivity index (χ0v) is 12.9. The highest BCUT2D eigenvalue weighted by molar-refractivity contribution is 5.73. The second kappa shape index (κ2) is 6.42. The normalized spacial score (nSPS) is 16.1. The number of nitrogens with one attached hydrogen (secondary N) is 1. The van der Waals surface area contributed by atoms with Crippen LogP contribution >= 0.6 is 0 Å². The van der Waals surface area contributed by atoms with E-state index in [2.05, 4.69) is 21.3 Å². The van der Waals surface area contributed by atoms with Crippen LogP contribution in [0.3, 0.4) is 0 Å².